The first-order valence-electron chi connectivity index (χ1n) is 4.78. The van der Waals surface area contributed by atoms with Crippen molar-refractivity contribution < 1.29 is 14.9 Å². The average molecular weight is 208 g/mol. The van der Waals surface area contributed by atoms with Gasteiger partial charge in [-0.3, -0.25) is 0 Å². The van der Waals surface area contributed by atoms with Crippen LogP contribution in [0, 0.1) is 0 Å². The number of unbranched alkanes of at least 4 members (excludes halogenated alkanes) is 3. The fourth-order valence-electron chi connectivity index (χ4n) is 0.942. The van der Waals surface area contributed by atoms with E-state index in [1.165, 1.54) is 6.42 Å². The molecule has 0 saturated carbocycles. The van der Waals surface area contributed by atoms with E-state index in [4.69, 9.17) is 14.9 Å². The van der Waals surface area contributed by atoms with Crippen molar-refractivity contribution in [3.05, 3.63) is 0 Å². The molecule has 4 heteroatoms. The molecule has 3 nitrogen and oxygen atoms in total. The number of hydrogen-bond donors (Lipinski definition) is 3. The van der Waals surface area contributed by atoms with Gasteiger partial charge in [0.1, 0.15) is 6.10 Å². The maximum Gasteiger partial charge on any atom is 0.100 e. The lowest BCUT2D eigenvalue weighted by atomic mass is 10.2. The molecule has 0 fully saturated rings. The number of hydrogen-bond acceptors (Lipinski definition) is 4. The van der Waals surface area contributed by atoms with E-state index in [2.05, 4.69) is 12.6 Å². The van der Waals surface area contributed by atoms with Crippen molar-refractivity contribution in [1.29, 1.82) is 0 Å². The van der Waals surface area contributed by atoms with Crippen molar-refractivity contribution >= 4 is 12.6 Å². The van der Waals surface area contributed by atoms with Crippen molar-refractivity contribution in [3.63, 3.8) is 0 Å². The van der Waals surface area contributed by atoms with Crippen molar-refractivity contribution in [2.45, 2.75) is 31.8 Å². The van der Waals surface area contributed by atoms with Crippen molar-refractivity contribution in [1.82, 2.24) is 0 Å². The van der Waals surface area contributed by atoms with Crippen LogP contribution in [0.15, 0.2) is 0 Å². The summed E-state index contributed by atoms with van der Waals surface area (Å²) in [5, 5.41) is 17.4. The Kier molecular flexibility index (Phi) is 10.5. The largest absolute Gasteiger partial charge is 0.394 e. The second-order valence-electron chi connectivity index (χ2n) is 3.05. The number of ether oxygens (including phenoxy) is 1. The molecule has 0 bridgehead atoms. The second-order valence-corrected chi connectivity index (χ2v) is 3.50. The van der Waals surface area contributed by atoms with Gasteiger partial charge in [0.2, 0.25) is 0 Å². The van der Waals surface area contributed by atoms with Crippen LogP contribution in [0.3, 0.4) is 0 Å². The predicted molar refractivity (Wildman–Crippen MR) is 56.2 cm³/mol. The molecule has 0 aromatic rings. The van der Waals surface area contributed by atoms with Crippen LogP contribution in [-0.2, 0) is 4.74 Å². The molecule has 0 aromatic heterocycles. The van der Waals surface area contributed by atoms with Gasteiger partial charge in [-0.15, -0.1) is 0 Å². The molecule has 1 unspecified atom stereocenters. The number of aliphatic hydroxyl groups excluding tert-OH is 2. The Morgan fingerprint density at radius 3 is 2.46 bits per heavy atom. The van der Waals surface area contributed by atoms with E-state index < -0.39 is 6.10 Å². The minimum atomic E-state index is -0.725. The zero-order valence-electron chi connectivity index (χ0n) is 7.98. The SMILES string of the molecule is OCC(O)COCCCCCCS. The van der Waals surface area contributed by atoms with Gasteiger partial charge in [-0.25, -0.2) is 0 Å². The third-order valence-corrected chi connectivity index (χ3v) is 2.03. The Labute approximate surface area is 85.5 Å². The molecule has 0 saturated heterocycles. The summed E-state index contributed by atoms with van der Waals surface area (Å²) in [6.45, 7) is 0.687. The fraction of sp³-hybridized carbons (Fsp3) is 1.00. The van der Waals surface area contributed by atoms with E-state index in [-0.39, 0.29) is 13.2 Å². The molecule has 80 valence electrons. The monoisotopic (exact) mass is 208 g/mol. The van der Waals surface area contributed by atoms with Crippen LogP contribution in [0.4, 0.5) is 0 Å². The first kappa shape index (κ1) is 13.2. The normalized spacial score (nSPS) is 13.2. The lowest BCUT2D eigenvalue weighted by molar-refractivity contribution is 0.00528. The lowest BCUT2D eigenvalue weighted by Gasteiger charge is -2.07. The molecule has 1 atom stereocenters. The van der Waals surface area contributed by atoms with Gasteiger partial charge in [0.25, 0.3) is 0 Å². The Morgan fingerprint density at radius 2 is 1.85 bits per heavy atom. The standard InChI is InChI=1S/C9H20O3S/c10-7-9(11)8-12-5-3-1-2-4-6-13/h9-11,13H,1-8H2. The van der Waals surface area contributed by atoms with Crippen LogP contribution in [0.2, 0.25) is 0 Å². The Morgan fingerprint density at radius 1 is 1.15 bits per heavy atom. The maximum atomic E-state index is 8.91. The van der Waals surface area contributed by atoms with Crippen LogP contribution in [-0.4, -0.2) is 41.9 Å². The highest BCUT2D eigenvalue weighted by molar-refractivity contribution is 7.80. The molecule has 0 aliphatic rings. The summed E-state index contributed by atoms with van der Waals surface area (Å²) in [5.41, 5.74) is 0. The van der Waals surface area contributed by atoms with Gasteiger partial charge < -0.3 is 14.9 Å². The molecule has 0 heterocycles. The Bertz CT molecular complexity index is 101. The van der Waals surface area contributed by atoms with Crippen LogP contribution in [0.25, 0.3) is 0 Å². The molecule has 0 rings (SSSR count). The summed E-state index contributed by atoms with van der Waals surface area (Å²) in [6, 6.07) is 0. The van der Waals surface area contributed by atoms with E-state index in [1.807, 2.05) is 0 Å². The van der Waals surface area contributed by atoms with Crippen molar-refractivity contribution in [3.8, 4) is 0 Å². The van der Waals surface area contributed by atoms with E-state index in [1.54, 1.807) is 0 Å². The molecule has 2 N–H and O–H groups in total. The summed E-state index contributed by atoms with van der Waals surface area (Å²) in [5.74, 6) is 0.948. The van der Waals surface area contributed by atoms with Crippen molar-refractivity contribution in [2.75, 3.05) is 25.6 Å². The second kappa shape index (κ2) is 10.3. The smallest absolute Gasteiger partial charge is 0.100 e. The first-order valence-corrected chi connectivity index (χ1v) is 5.42. The highest BCUT2D eigenvalue weighted by Gasteiger charge is 2.00. The molecule has 0 aliphatic carbocycles. The summed E-state index contributed by atoms with van der Waals surface area (Å²) < 4.78 is 5.14. The van der Waals surface area contributed by atoms with E-state index in [9.17, 15) is 0 Å². The molecule has 0 spiro atoms. The third kappa shape index (κ3) is 10.1. The highest BCUT2D eigenvalue weighted by Crippen LogP contribution is 2.01. The molecule has 0 amide bonds. The van der Waals surface area contributed by atoms with Gasteiger partial charge in [-0.2, -0.15) is 12.6 Å². The molecular weight excluding hydrogens is 188 g/mol. The van der Waals surface area contributed by atoms with Crippen LogP contribution < -0.4 is 0 Å². The van der Waals surface area contributed by atoms with E-state index in [0.717, 1.165) is 25.0 Å². The zero-order chi connectivity index (χ0) is 9.94. The van der Waals surface area contributed by atoms with Gasteiger partial charge in [0.05, 0.1) is 13.2 Å². The summed E-state index contributed by atoms with van der Waals surface area (Å²) in [4.78, 5) is 0. The molecular formula is C9H20O3S. The fourth-order valence-corrected chi connectivity index (χ4v) is 1.17. The Balaban J connectivity index is 2.91. The van der Waals surface area contributed by atoms with Crippen LogP contribution in [0.5, 0.6) is 0 Å². The van der Waals surface area contributed by atoms with E-state index in [0.29, 0.717) is 6.61 Å². The van der Waals surface area contributed by atoms with Crippen molar-refractivity contribution in [2.24, 2.45) is 0 Å². The van der Waals surface area contributed by atoms with Gasteiger partial charge in [-0.05, 0) is 18.6 Å². The lowest BCUT2D eigenvalue weighted by Crippen LogP contribution is -2.19. The molecule has 0 radical (unpaired) electrons. The number of aliphatic hydroxyl groups is 2. The van der Waals surface area contributed by atoms with Gasteiger partial charge >= 0.3 is 0 Å². The molecule has 0 aliphatic heterocycles. The Hall–Kier alpha value is 0.230. The van der Waals surface area contributed by atoms with Gasteiger partial charge in [0, 0.05) is 6.61 Å². The third-order valence-electron chi connectivity index (χ3n) is 1.72. The van der Waals surface area contributed by atoms with Crippen LogP contribution in [0.1, 0.15) is 25.7 Å². The quantitative estimate of drug-likeness (QED) is 0.389. The molecule has 0 aromatic carbocycles. The maximum absolute atomic E-state index is 8.91. The highest BCUT2D eigenvalue weighted by atomic mass is 32.1. The minimum Gasteiger partial charge on any atom is -0.394 e. The zero-order valence-corrected chi connectivity index (χ0v) is 8.88. The topological polar surface area (TPSA) is 49.7 Å². The van der Waals surface area contributed by atoms with Gasteiger partial charge in [0.15, 0.2) is 0 Å². The van der Waals surface area contributed by atoms with Crippen LogP contribution >= 0.6 is 12.6 Å². The number of thiol groups is 1. The number of rotatable bonds is 9. The van der Waals surface area contributed by atoms with E-state index >= 15 is 0 Å². The molecule has 13 heavy (non-hydrogen) atoms. The summed E-state index contributed by atoms with van der Waals surface area (Å²) >= 11 is 4.11. The summed E-state index contributed by atoms with van der Waals surface area (Å²) in [7, 11) is 0. The average Bonchev–Trinajstić information content (AvgIpc) is 2.16. The minimum absolute atomic E-state index is 0.223. The van der Waals surface area contributed by atoms with Gasteiger partial charge in [-0.1, -0.05) is 12.8 Å². The summed E-state index contributed by atoms with van der Waals surface area (Å²) in [6.07, 6.45) is 3.79. The predicted octanol–water partition coefficient (Wildman–Crippen LogP) is 0.846. The first-order chi connectivity index (χ1) is 6.31.